The summed E-state index contributed by atoms with van der Waals surface area (Å²) in [4.78, 5) is 17.6. The third-order valence-corrected chi connectivity index (χ3v) is 4.50. The van der Waals surface area contributed by atoms with Gasteiger partial charge in [-0.25, -0.2) is 4.79 Å². The Balaban J connectivity index is 2.00. The number of aliphatic imine (C=N–C) groups is 1. The Bertz CT molecular complexity index is 390. The lowest BCUT2D eigenvalue weighted by Gasteiger charge is -2.40. The lowest BCUT2D eigenvalue weighted by atomic mass is 9.79. The van der Waals surface area contributed by atoms with Gasteiger partial charge in [-0.3, -0.25) is 0 Å². The Kier molecular flexibility index (Phi) is 1.91. The van der Waals surface area contributed by atoms with Gasteiger partial charge in [0.25, 0.3) is 0 Å². The van der Waals surface area contributed by atoms with E-state index in [2.05, 4.69) is 11.6 Å². The van der Waals surface area contributed by atoms with Crippen LogP contribution in [0.25, 0.3) is 0 Å². The molecule has 4 heteroatoms. The molecule has 0 aromatic carbocycles. The second-order valence-corrected chi connectivity index (χ2v) is 5.18. The van der Waals surface area contributed by atoms with Crippen molar-refractivity contribution in [2.75, 3.05) is 6.54 Å². The number of urea groups is 1. The van der Waals surface area contributed by atoms with Crippen molar-refractivity contribution in [2.24, 2.45) is 22.6 Å². The summed E-state index contributed by atoms with van der Waals surface area (Å²) in [6.45, 7) is 4.28. The van der Waals surface area contributed by atoms with E-state index in [9.17, 15) is 4.79 Å². The number of amides is 2. The summed E-state index contributed by atoms with van der Waals surface area (Å²) in [5.74, 6) is 1.80. The fraction of sp³-hybridized carbons (Fsp3) is 0.667. The molecule has 2 amide bonds. The van der Waals surface area contributed by atoms with Crippen LogP contribution < -0.4 is 5.73 Å². The first-order chi connectivity index (χ1) is 7.68. The predicted octanol–water partition coefficient (Wildman–Crippen LogP) is 1.52. The van der Waals surface area contributed by atoms with Gasteiger partial charge in [0.15, 0.2) is 0 Å². The molecule has 3 aliphatic rings. The molecule has 2 fully saturated rings. The highest BCUT2D eigenvalue weighted by Crippen LogP contribution is 2.55. The van der Waals surface area contributed by atoms with E-state index in [4.69, 9.17) is 5.73 Å². The zero-order valence-corrected chi connectivity index (χ0v) is 9.35. The second-order valence-electron chi connectivity index (χ2n) is 5.18. The summed E-state index contributed by atoms with van der Waals surface area (Å²) < 4.78 is 0. The van der Waals surface area contributed by atoms with Crippen LogP contribution in [0.4, 0.5) is 4.79 Å². The van der Waals surface area contributed by atoms with Crippen LogP contribution in [0.3, 0.4) is 0 Å². The number of carbonyl (C=O) groups is 1. The van der Waals surface area contributed by atoms with Crippen LogP contribution in [-0.2, 0) is 0 Å². The van der Waals surface area contributed by atoms with Crippen LogP contribution in [0, 0.1) is 11.8 Å². The first kappa shape index (κ1) is 9.87. The molecular formula is C12H17N3O. The van der Waals surface area contributed by atoms with Crippen LogP contribution in [0.2, 0.25) is 0 Å². The minimum Gasteiger partial charge on any atom is -0.385 e. The summed E-state index contributed by atoms with van der Waals surface area (Å²) in [6, 6.07) is -0.176. The van der Waals surface area contributed by atoms with E-state index >= 15 is 0 Å². The van der Waals surface area contributed by atoms with Crippen LogP contribution >= 0.6 is 0 Å². The Morgan fingerprint density at radius 2 is 2.44 bits per heavy atom. The molecule has 0 saturated heterocycles. The predicted molar refractivity (Wildman–Crippen MR) is 62.1 cm³/mol. The molecule has 3 rings (SSSR count). The fourth-order valence-corrected chi connectivity index (χ4v) is 3.88. The first-order valence-electron chi connectivity index (χ1n) is 5.95. The number of hydrogen-bond acceptors (Lipinski definition) is 2. The van der Waals surface area contributed by atoms with Gasteiger partial charge in [-0.2, -0.15) is 4.99 Å². The fourth-order valence-electron chi connectivity index (χ4n) is 3.88. The molecule has 3 atom stereocenters. The highest BCUT2D eigenvalue weighted by molar-refractivity contribution is 6.06. The zero-order chi connectivity index (χ0) is 11.3. The second kappa shape index (κ2) is 3.09. The summed E-state index contributed by atoms with van der Waals surface area (Å²) in [6.07, 6.45) is 6.45. The minimum atomic E-state index is -0.256. The quantitative estimate of drug-likeness (QED) is 0.716. The smallest absolute Gasteiger partial charge is 0.346 e. The molecule has 0 radical (unpaired) electrons. The highest BCUT2D eigenvalue weighted by atomic mass is 16.2. The van der Waals surface area contributed by atoms with Crippen LogP contribution in [0.1, 0.15) is 25.7 Å². The lowest BCUT2D eigenvalue weighted by Crippen LogP contribution is -2.57. The van der Waals surface area contributed by atoms with E-state index in [0.29, 0.717) is 18.3 Å². The van der Waals surface area contributed by atoms with Crippen LogP contribution in [0.15, 0.2) is 17.6 Å². The summed E-state index contributed by atoms with van der Waals surface area (Å²) in [5, 5.41) is 0. The standard InChI is InChI=1S/C12H17N3O/c1-2-5-15-11(16)14-10(13)12(15)7-8-3-4-9(12)6-8/h2,8-9H,1,3-7H2,(H2,13,14,16). The number of nitrogens with two attached hydrogens (primary N) is 1. The van der Waals surface area contributed by atoms with Crippen molar-refractivity contribution in [1.29, 1.82) is 0 Å². The van der Waals surface area contributed by atoms with Crippen molar-refractivity contribution in [1.82, 2.24) is 4.90 Å². The van der Waals surface area contributed by atoms with E-state index in [0.717, 1.165) is 12.3 Å². The molecule has 4 nitrogen and oxygen atoms in total. The van der Waals surface area contributed by atoms with Crippen LogP contribution in [0.5, 0.6) is 0 Å². The molecule has 1 aliphatic heterocycles. The van der Waals surface area contributed by atoms with Gasteiger partial charge in [0.05, 0.1) is 0 Å². The third-order valence-electron chi connectivity index (χ3n) is 4.50. The summed E-state index contributed by atoms with van der Waals surface area (Å²) >= 11 is 0. The maximum absolute atomic E-state index is 11.8. The monoisotopic (exact) mass is 219 g/mol. The molecule has 2 N–H and O–H groups in total. The molecule has 1 spiro atoms. The van der Waals surface area contributed by atoms with Gasteiger partial charge in [-0.1, -0.05) is 6.08 Å². The number of rotatable bonds is 2. The molecule has 2 bridgehead atoms. The van der Waals surface area contributed by atoms with Crippen molar-refractivity contribution in [2.45, 2.75) is 31.2 Å². The number of fused-ring (bicyclic) bond motifs is 3. The molecule has 86 valence electrons. The molecule has 2 saturated carbocycles. The van der Waals surface area contributed by atoms with Crippen LogP contribution in [-0.4, -0.2) is 28.9 Å². The molecule has 1 heterocycles. The van der Waals surface area contributed by atoms with Crippen molar-refractivity contribution in [3.05, 3.63) is 12.7 Å². The summed E-state index contributed by atoms with van der Waals surface area (Å²) in [5.41, 5.74) is 5.77. The molecule has 0 aromatic rings. The maximum atomic E-state index is 11.8. The topological polar surface area (TPSA) is 58.7 Å². The SMILES string of the molecule is C=CCN1C(=O)N=C(N)C12CC1CCC2C1. The van der Waals surface area contributed by atoms with Gasteiger partial charge >= 0.3 is 6.03 Å². The van der Waals surface area contributed by atoms with Gasteiger partial charge in [-0.05, 0) is 37.5 Å². The van der Waals surface area contributed by atoms with Gasteiger partial charge in [-0.15, -0.1) is 6.58 Å². The number of amidine groups is 1. The van der Waals surface area contributed by atoms with Gasteiger partial charge in [0, 0.05) is 6.54 Å². The average molecular weight is 219 g/mol. The van der Waals surface area contributed by atoms with E-state index in [1.54, 1.807) is 6.08 Å². The average Bonchev–Trinajstić information content (AvgIpc) is 2.89. The maximum Gasteiger partial charge on any atom is 0.346 e. The van der Waals surface area contributed by atoms with E-state index in [-0.39, 0.29) is 11.6 Å². The Hall–Kier alpha value is -1.32. The number of nitrogens with zero attached hydrogens (tertiary/aromatic N) is 2. The largest absolute Gasteiger partial charge is 0.385 e. The minimum absolute atomic E-state index is 0.176. The molecule has 2 aliphatic carbocycles. The van der Waals surface area contributed by atoms with E-state index < -0.39 is 0 Å². The summed E-state index contributed by atoms with van der Waals surface area (Å²) in [7, 11) is 0. The number of hydrogen-bond donors (Lipinski definition) is 1. The van der Waals surface area contributed by atoms with Crippen molar-refractivity contribution < 1.29 is 4.79 Å². The molecule has 0 aromatic heterocycles. The van der Waals surface area contributed by atoms with E-state index in [1.807, 2.05) is 4.90 Å². The third kappa shape index (κ3) is 0.996. The zero-order valence-electron chi connectivity index (χ0n) is 9.35. The number of carbonyl (C=O) groups excluding carboxylic acids is 1. The normalized spacial score (nSPS) is 40.9. The van der Waals surface area contributed by atoms with E-state index in [1.165, 1.54) is 19.3 Å². The highest BCUT2D eigenvalue weighted by Gasteiger charge is 2.60. The Labute approximate surface area is 95.2 Å². The van der Waals surface area contributed by atoms with Crippen molar-refractivity contribution in [3.63, 3.8) is 0 Å². The molecule has 16 heavy (non-hydrogen) atoms. The van der Waals surface area contributed by atoms with Gasteiger partial charge in [0.2, 0.25) is 0 Å². The van der Waals surface area contributed by atoms with Gasteiger partial charge < -0.3 is 10.6 Å². The van der Waals surface area contributed by atoms with Crippen molar-refractivity contribution in [3.8, 4) is 0 Å². The first-order valence-corrected chi connectivity index (χ1v) is 5.95. The Morgan fingerprint density at radius 1 is 1.62 bits per heavy atom. The Morgan fingerprint density at radius 3 is 3.00 bits per heavy atom. The van der Waals surface area contributed by atoms with Crippen molar-refractivity contribution >= 4 is 11.9 Å². The lowest BCUT2D eigenvalue weighted by molar-refractivity contribution is 0.141. The molecule has 3 unspecified atom stereocenters. The van der Waals surface area contributed by atoms with Gasteiger partial charge in [0.1, 0.15) is 11.4 Å². The molecular weight excluding hydrogens is 202 g/mol.